The fourth-order valence-electron chi connectivity index (χ4n) is 2.52. The zero-order valence-electron chi connectivity index (χ0n) is 11.0. The lowest BCUT2D eigenvalue weighted by Gasteiger charge is -2.25. The number of hydrogen-bond acceptors (Lipinski definition) is 2. The molecule has 1 unspecified atom stereocenters. The molecular formula is C15H24N2. The van der Waals surface area contributed by atoms with Gasteiger partial charge in [0.05, 0.1) is 0 Å². The van der Waals surface area contributed by atoms with Crippen molar-refractivity contribution in [1.29, 1.82) is 0 Å². The highest BCUT2D eigenvalue weighted by Crippen LogP contribution is 2.19. The third-order valence-electron chi connectivity index (χ3n) is 3.49. The molecule has 2 nitrogen and oxygen atoms in total. The molecule has 2 rings (SSSR count). The summed E-state index contributed by atoms with van der Waals surface area (Å²) in [5.41, 5.74) is 1.43. The summed E-state index contributed by atoms with van der Waals surface area (Å²) in [5, 5.41) is 3.56. The molecule has 0 saturated carbocycles. The minimum absolute atomic E-state index is 0.592. The minimum atomic E-state index is 0.592. The fraction of sp³-hybridized carbons (Fsp3) is 0.600. The van der Waals surface area contributed by atoms with Crippen molar-refractivity contribution < 1.29 is 0 Å². The molecule has 0 spiro atoms. The van der Waals surface area contributed by atoms with Crippen LogP contribution in [0, 0.1) is 0 Å². The average molecular weight is 232 g/mol. The molecule has 0 radical (unpaired) electrons. The van der Waals surface area contributed by atoms with Crippen molar-refractivity contribution in [3.05, 3.63) is 35.9 Å². The average Bonchev–Trinajstić information content (AvgIpc) is 2.75. The first kappa shape index (κ1) is 12.6. The molecule has 1 aromatic carbocycles. The molecule has 0 bridgehead atoms. The van der Waals surface area contributed by atoms with Crippen molar-refractivity contribution in [3.63, 3.8) is 0 Å². The summed E-state index contributed by atoms with van der Waals surface area (Å²) in [4.78, 5) is 2.62. The lowest BCUT2D eigenvalue weighted by atomic mass is 10.1. The van der Waals surface area contributed by atoms with E-state index < -0.39 is 0 Å². The summed E-state index contributed by atoms with van der Waals surface area (Å²) in [6, 6.07) is 12.1. The predicted molar refractivity (Wildman–Crippen MR) is 73.0 cm³/mol. The Bertz CT molecular complexity index is 321. The Balaban J connectivity index is 1.87. The molecule has 1 aromatic rings. The van der Waals surface area contributed by atoms with Crippen LogP contribution in [0.25, 0.3) is 0 Å². The highest BCUT2D eigenvalue weighted by Gasteiger charge is 2.23. The molecule has 0 aromatic heterocycles. The second kappa shape index (κ2) is 6.18. The van der Waals surface area contributed by atoms with E-state index >= 15 is 0 Å². The Kier molecular flexibility index (Phi) is 4.57. The van der Waals surface area contributed by atoms with E-state index in [-0.39, 0.29) is 0 Å². The summed E-state index contributed by atoms with van der Waals surface area (Å²) < 4.78 is 0. The number of likely N-dealkylation sites (tertiary alicyclic amines) is 1. The second-order valence-corrected chi connectivity index (χ2v) is 5.32. The van der Waals surface area contributed by atoms with Crippen LogP contribution in [-0.2, 0) is 6.54 Å². The van der Waals surface area contributed by atoms with E-state index in [0.717, 1.165) is 19.1 Å². The maximum atomic E-state index is 3.56. The Hall–Kier alpha value is -0.860. The fourth-order valence-corrected chi connectivity index (χ4v) is 2.52. The number of hydrogen-bond donors (Lipinski definition) is 1. The van der Waals surface area contributed by atoms with E-state index in [0.29, 0.717) is 6.04 Å². The van der Waals surface area contributed by atoms with Crippen LogP contribution in [0.3, 0.4) is 0 Å². The molecule has 17 heavy (non-hydrogen) atoms. The van der Waals surface area contributed by atoms with Gasteiger partial charge in [-0.3, -0.25) is 4.90 Å². The Morgan fingerprint density at radius 1 is 1.29 bits per heavy atom. The lowest BCUT2D eigenvalue weighted by molar-refractivity contribution is 0.236. The van der Waals surface area contributed by atoms with Crippen LogP contribution in [-0.4, -0.2) is 30.1 Å². The van der Waals surface area contributed by atoms with Gasteiger partial charge in [-0.2, -0.15) is 0 Å². The molecular weight excluding hydrogens is 208 g/mol. The normalized spacial score (nSPS) is 21.2. The van der Waals surface area contributed by atoms with Gasteiger partial charge in [-0.15, -0.1) is 0 Å². The van der Waals surface area contributed by atoms with Gasteiger partial charge in [0.1, 0.15) is 0 Å². The summed E-state index contributed by atoms with van der Waals surface area (Å²) in [6.45, 7) is 7.92. The quantitative estimate of drug-likeness (QED) is 0.839. The Labute approximate surface area is 105 Å². The number of nitrogens with one attached hydrogen (secondary N) is 1. The summed E-state index contributed by atoms with van der Waals surface area (Å²) >= 11 is 0. The standard InChI is InChI=1S/C15H24N2/c1-13(2)16-11-15-9-6-10-17(15)12-14-7-4-3-5-8-14/h3-5,7-8,13,15-16H,6,9-12H2,1-2H3. The molecule has 0 amide bonds. The van der Waals surface area contributed by atoms with Gasteiger partial charge in [0.25, 0.3) is 0 Å². The smallest absolute Gasteiger partial charge is 0.0237 e. The number of nitrogens with zero attached hydrogens (tertiary/aromatic N) is 1. The van der Waals surface area contributed by atoms with Crippen molar-refractivity contribution >= 4 is 0 Å². The molecule has 94 valence electrons. The molecule has 1 saturated heterocycles. The van der Waals surface area contributed by atoms with E-state index in [2.05, 4.69) is 54.4 Å². The first-order valence-corrected chi connectivity index (χ1v) is 6.77. The van der Waals surface area contributed by atoms with Gasteiger partial charge in [0.15, 0.2) is 0 Å². The number of rotatable bonds is 5. The van der Waals surface area contributed by atoms with Crippen LogP contribution in [0.5, 0.6) is 0 Å². The van der Waals surface area contributed by atoms with Crippen molar-refractivity contribution in [2.24, 2.45) is 0 Å². The van der Waals surface area contributed by atoms with Crippen molar-refractivity contribution in [2.75, 3.05) is 13.1 Å². The van der Waals surface area contributed by atoms with E-state index in [1.807, 2.05) is 0 Å². The van der Waals surface area contributed by atoms with Gasteiger partial charge in [-0.25, -0.2) is 0 Å². The van der Waals surface area contributed by atoms with Crippen LogP contribution in [0.2, 0.25) is 0 Å². The minimum Gasteiger partial charge on any atom is -0.313 e. The van der Waals surface area contributed by atoms with Crippen LogP contribution in [0.1, 0.15) is 32.3 Å². The first-order valence-electron chi connectivity index (χ1n) is 6.77. The molecule has 1 N–H and O–H groups in total. The van der Waals surface area contributed by atoms with Crippen LogP contribution < -0.4 is 5.32 Å². The Morgan fingerprint density at radius 2 is 2.06 bits per heavy atom. The maximum Gasteiger partial charge on any atom is 0.0237 e. The maximum absolute atomic E-state index is 3.56. The van der Waals surface area contributed by atoms with E-state index in [1.165, 1.54) is 24.9 Å². The summed E-state index contributed by atoms with van der Waals surface area (Å²) in [7, 11) is 0. The third kappa shape index (κ3) is 3.83. The summed E-state index contributed by atoms with van der Waals surface area (Å²) in [6.07, 6.45) is 2.68. The molecule has 1 heterocycles. The molecule has 2 heteroatoms. The molecule has 1 aliphatic heterocycles. The van der Waals surface area contributed by atoms with E-state index in [9.17, 15) is 0 Å². The highest BCUT2D eigenvalue weighted by molar-refractivity contribution is 5.14. The molecule has 1 aliphatic rings. The zero-order valence-corrected chi connectivity index (χ0v) is 11.0. The van der Waals surface area contributed by atoms with Gasteiger partial charge < -0.3 is 5.32 Å². The lowest BCUT2D eigenvalue weighted by Crippen LogP contribution is -2.39. The van der Waals surface area contributed by atoms with Gasteiger partial charge in [0, 0.05) is 25.2 Å². The monoisotopic (exact) mass is 232 g/mol. The highest BCUT2D eigenvalue weighted by atomic mass is 15.2. The van der Waals surface area contributed by atoms with E-state index in [1.54, 1.807) is 0 Å². The Morgan fingerprint density at radius 3 is 2.76 bits per heavy atom. The van der Waals surface area contributed by atoms with Crippen LogP contribution in [0.15, 0.2) is 30.3 Å². The topological polar surface area (TPSA) is 15.3 Å². The number of benzene rings is 1. The van der Waals surface area contributed by atoms with Crippen molar-refractivity contribution in [2.45, 2.75) is 45.3 Å². The van der Waals surface area contributed by atoms with Crippen molar-refractivity contribution in [1.82, 2.24) is 10.2 Å². The molecule has 1 atom stereocenters. The summed E-state index contributed by atoms with van der Waals surface area (Å²) in [5.74, 6) is 0. The van der Waals surface area contributed by atoms with Crippen LogP contribution in [0.4, 0.5) is 0 Å². The molecule has 0 aliphatic carbocycles. The largest absolute Gasteiger partial charge is 0.313 e. The molecule has 1 fully saturated rings. The van der Waals surface area contributed by atoms with Gasteiger partial charge in [0.2, 0.25) is 0 Å². The second-order valence-electron chi connectivity index (χ2n) is 5.32. The van der Waals surface area contributed by atoms with Gasteiger partial charge in [-0.1, -0.05) is 44.2 Å². The van der Waals surface area contributed by atoms with E-state index in [4.69, 9.17) is 0 Å². The van der Waals surface area contributed by atoms with Gasteiger partial charge >= 0.3 is 0 Å². The van der Waals surface area contributed by atoms with Crippen LogP contribution >= 0.6 is 0 Å². The SMILES string of the molecule is CC(C)NCC1CCCN1Cc1ccccc1. The first-order chi connectivity index (χ1) is 8.25. The third-order valence-corrected chi connectivity index (χ3v) is 3.49. The zero-order chi connectivity index (χ0) is 12.1. The predicted octanol–water partition coefficient (Wildman–Crippen LogP) is 2.65. The van der Waals surface area contributed by atoms with Gasteiger partial charge in [-0.05, 0) is 24.9 Å². The van der Waals surface area contributed by atoms with Crippen molar-refractivity contribution in [3.8, 4) is 0 Å².